The van der Waals surface area contributed by atoms with Crippen LogP contribution in [0.2, 0.25) is 0 Å². The molecule has 0 spiro atoms. The van der Waals surface area contributed by atoms with E-state index in [9.17, 15) is 4.79 Å². The topological polar surface area (TPSA) is 89.7 Å². The minimum absolute atomic E-state index is 0.0298. The van der Waals surface area contributed by atoms with Gasteiger partial charge in [0.05, 0.1) is 18.3 Å². The lowest BCUT2D eigenvalue weighted by Gasteiger charge is -2.39. The maximum absolute atomic E-state index is 11.7. The fourth-order valence-corrected chi connectivity index (χ4v) is 6.88. The summed E-state index contributed by atoms with van der Waals surface area (Å²) in [5.74, 6) is 0.941. The van der Waals surface area contributed by atoms with E-state index in [0.29, 0.717) is 23.4 Å². The van der Waals surface area contributed by atoms with Crippen molar-refractivity contribution >= 4 is 17.6 Å². The van der Waals surface area contributed by atoms with Crippen LogP contribution in [0.15, 0.2) is 59.0 Å². The van der Waals surface area contributed by atoms with E-state index in [1.54, 1.807) is 0 Å². The molecule has 2 atom stereocenters. The third-order valence-corrected chi connectivity index (χ3v) is 9.58. The number of carbonyl (C=O) groups excluding carboxylic acids is 1. The standard InChI is InChI=1S/C24H37N3O2.C14H17NO2/c1-4-6-7-11-15-21(5-2)24(28-3)16-12-18-27(19-17-24)23-26-25-22(29-23)20-13-9-8-10-14-20;1-10-3-4-12(14(16)17-2)13(9-10)11-5-7-15-8-6-11/h8-10,13-14,21H,4-7,11-12,15-19H2,1-3H3;3-5,9,15H,6-8H2,1-2H3. The van der Waals surface area contributed by atoms with Crippen molar-refractivity contribution in [2.75, 3.05) is 45.3 Å². The molecule has 1 fully saturated rings. The number of aryl methyl sites for hydroxylation is 1. The van der Waals surface area contributed by atoms with Crippen molar-refractivity contribution in [3.05, 3.63) is 71.3 Å². The van der Waals surface area contributed by atoms with Crippen LogP contribution < -0.4 is 10.2 Å². The molecule has 0 bridgehead atoms. The quantitative estimate of drug-likeness (QED) is 0.158. The molecule has 1 aromatic heterocycles. The first-order valence-corrected chi connectivity index (χ1v) is 17.2. The van der Waals surface area contributed by atoms with Gasteiger partial charge in [-0.2, -0.15) is 0 Å². The second-order valence-electron chi connectivity index (χ2n) is 12.5. The molecular weight excluding hydrogens is 576 g/mol. The van der Waals surface area contributed by atoms with Crippen LogP contribution in [0.1, 0.15) is 99.5 Å². The maximum Gasteiger partial charge on any atom is 0.338 e. The molecule has 46 heavy (non-hydrogen) atoms. The van der Waals surface area contributed by atoms with Crippen molar-refractivity contribution in [2.24, 2.45) is 5.92 Å². The molecule has 2 unspecified atom stereocenters. The highest BCUT2D eigenvalue weighted by Crippen LogP contribution is 2.39. The predicted molar refractivity (Wildman–Crippen MR) is 186 cm³/mol. The molecule has 1 N–H and O–H groups in total. The van der Waals surface area contributed by atoms with Gasteiger partial charge in [-0.1, -0.05) is 93.0 Å². The summed E-state index contributed by atoms with van der Waals surface area (Å²) in [5, 5.41) is 11.9. The van der Waals surface area contributed by atoms with Gasteiger partial charge in [0.15, 0.2) is 0 Å². The van der Waals surface area contributed by atoms with E-state index in [1.807, 2.05) is 56.5 Å². The Bertz CT molecular complexity index is 1390. The molecule has 1 saturated heterocycles. The van der Waals surface area contributed by atoms with E-state index in [4.69, 9.17) is 13.9 Å². The van der Waals surface area contributed by atoms with Gasteiger partial charge in [0.25, 0.3) is 0 Å². The van der Waals surface area contributed by atoms with Crippen molar-refractivity contribution < 1.29 is 18.7 Å². The Morgan fingerprint density at radius 1 is 1.04 bits per heavy atom. The van der Waals surface area contributed by atoms with E-state index in [1.165, 1.54) is 51.2 Å². The molecule has 2 aliphatic rings. The summed E-state index contributed by atoms with van der Waals surface area (Å²) < 4.78 is 17.1. The van der Waals surface area contributed by atoms with Crippen molar-refractivity contribution in [3.63, 3.8) is 0 Å². The highest BCUT2D eigenvalue weighted by molar-refractivity contribution is 5.95. The number of hydrogen-bond acceptors (Lipinski definition) is 8. The summed E-state index contributed by atoms with van der Waals surface area (Å²) in [6.45, 7) is 10.3. The van der Waals surface area contributed by atoms with Crippen LogP contribution >= 0.6 is 0 Å². The summed E-state index contributed by atoms with van der Waals surface area (Å²) >= 11 is 0. The molecule has 8 heteroatoms. The summed E-state index contributed by atoms with van der Waals surface area (Å²) in [4.78, 5) is 14.0. The van der Waals surface area contributed by atoms with Crippen LogP contribution in [0, 0.1) is 12.8 Å². The van der Waals surface area contributed by atoms with Crippen molar-refractivity contribution in [1.82, 2.24) is 15.5 Å². The third kappa shape index (κ3) is 9.29. The second-order valence-corrected chi connectivity index (χ2v) is 12.5. The van der Waals surface area contributed by atoms with Gasteiger partial charge in [-0.05, 0) is 80.8 Å². The summed E-state index contributed by atoms with van der Waals surface area (Å²) in [5.41, 5.74) is 4.99. The average Bonchev–Trinajstić information content (AvgIpc) is 3.50. The van der Waals surface area contributed by atoms with Gasteiger partial charge >= 0.3 is 12.0 Å². The van der Waals surface area contributed by atoms with Crippen LogP contribution in [0.25, 0.3) is 17.0 Å². The molecule has 8 nitrogen and oxygen atoms in total. The minimum atomic E-state index is -0.264. The predicted octanol–water partition coefficient (Wildman–Crippen LogP) is 8.27. The molecule has 2 aromatic carbocycles. The Hall–Kier alpha value is -3.49. The minimum Gasteiger partial charge on any atom is -0.465 e. The molecule has 0 amide bonds. The lowest BCUT2D eigenvalue weighted by molar-refractivity contribution is -0.0718. The highest BCUT2D eigenvalue weighted by Gasteiger charge is 2.39. The van der Waals surface area contributed by atoms with Crippen LogP contribution in [0.4, 0.5) is 6.01 Å². The summed E-state index contributed by atoms with van der Waals surface area (Å²) in [6, 6.07) is 16.5. The van der Waals surface area contributed by atoms with E-state index in [-0.39, 0.29) is 11.6 Å². The van der Waals surface area contributed by atoms with Gasteiger partial charge < -0.3 is 24.1 Å². The lowest BCUT2D eigenvalue weighted by atomic mass is 9.77. The Kier molecular flexibility index (Phi) is 13.8. The number of rotatable bonds is 12. The van der Waals surface area contributed by atoms with E-state index in [0.717, 1.165) is 68.6 Å². The van der Waals surface area contributed by atoms with Crippen molar-refractivity contribution in [2.45, 2.75) is 90.6 Å². The number of anilines is 1. The molecule has 0 radical (unpaired) electrons. The lowest BCUT2D eigenvalue weighted by Crippen LogP contribution is -2.41. The first kappa shape index (κ1) is 35.4. The normalized spacial score (nSPS) is 19.0. The maximum atomic E-state index is 11.7. The van der Waals surface area contributed by atoms with Crippen LogP contribution in [0.5, 0.6) is 0 Å². The van der Waals surface area contributed by atoms with Gasteiger partial charge in [0, 0.05) is 32.3 Å². The summed E-state index contributed by atoms with van der Waals surface area (Å²) in [7, 11) is 3.33. The molecule has 0 aliphatic carbocycles. The Morgan fingerprint density at radius 2 is 1.87 bits per heavy atom. The number of carbonyl (C=O) groups is 1. The molecule has 3 heterocycles. The van der Waals surface area contributed by atoms with Gasteiger partial charge in [-0.15, -0.1) is 5.10 Å². The molecule has 250 valence electrons. The van der Waals surface area contributed by atoms with Crippen molar-refractivity contribution in [1.29, 1.82) is 0 Å². The fraction of sp³-hybridized carbons (Fsp3) is 0.553. The molecule has 2 aliphatic heterocycles. The number of nitrogens with one attached hydrogen (secondary N) is 1. The van der Waals surface area contributed by atoms with Gasteiger partial charge in [-0.25, -0.2) is 4.79 Å². The summed E-state index contributed by atoms with van der Waals surface area (Å²) in [6.07, 6.45) is 14.0. The van der Waals surface area contributed by atoms with Gasteiger partial charge in [0.1, 0.15) is 0 Å². The molecule has 0 saturated carbocycles. The van der Waals surface area contributed by atoms with Crippen LogP contribution in [0.3, 0.4) is 0 Å². The number of unbranched alkanes of at least 4 members (excludes halogenated alkanes) is 3. The van der Waals surface area contributed by atoms with Gasteiger partial charge in [-0.3, -0.25) is 0 Å². The number of benzene rings is 2. The molecule has 5 rings (SSSR count). The first-order chi connectivity index (χ1) is 22.4. The smallest absolute Gasteiger partial charge is 0.338 e. The Labute approximate surface area is 276 Å². The van der Waals surface area contributed by atoms with E-state index >= 15 is 0 Å². The third-order valence-electron chi connectivity index (χ3n) is 9.58. The molecule has 3 aromatic rings. The zero-order valence-electron chi connectivity index (χ0n) is 28.6. The van der Waals surface area contributed by atoms with E-state index in [2.05, 4.69) is 46.4 Å². The molecular formula is C38H54N4O4. The number of esters is 1. The highest BCUT2D eigenvalue weighted by atomic mass is 16.5. The first-order valence-electron chi connectivity index (χ1n) is 17.2. The Balaban J connectivity index is 0.000000240. The average molecular weight is 631 g/mol. The number of ether oxygens (including phenoxy) is 2. The monoisotopic (exact) mass is 630 g/mol. The SMILES string of the molecule is CCCCCCC(CC)C1(OC)CCCN(c2nnc(-c3ccccc3)o2)CC1.COC(=O)c1ccc(C)cc1C1=CCNCC1. The van der Waals surface area contributed by atoms with Crippen LogP contribution in [-0.4, -0.2) is 62.2 Å². The number of aromatic nitrogens is 2. The number of hydrogen-bond donors (Lipinski definition) is 1. The Morgan fingerprint density at radius 3 is 2.57 bits per heavy atom. The number of nitrogens with zero attached hydrogens (tertiary/aromatic N) is 3. The number of methoxy groups -OCH3 is 2. The zero-order chi connectivity index (χ0) is 32.8. The largest absolute Gasteiger partial charge is 0.465 e. The fourth-order valence-electron chi connectivity index (χ4n) is 6.88. The zero-order valence-corrected chi connectivity index (χ0v) is 28.6. The van der Waals surface area contributed by atoms with Crippen LogP contribution in [-0.2, 0) is 9.47 Å². The van der Waals surface area contributed by atoms with E-state index < -0.39 is 0 Å². The van der Waals surface area contributed by atoms with Crippen molar-refractivity contribution in [3.8, 4) is 11.5 Å². The second kappa shape index (κ2) is 18.0. The van der Waals surface area contributed by atoms with Gasteiger partial charge in [0.2, 0.25) is 5.89 Å².